The second kappa shape index (κ2) is 6.10. The smallest absolute Gasteiger partial charge is 0.279 e. The molecule has 1 saturated heterocycles. The summed E-state index contributed by atoms with van der Waals surface area (Å²) in [4.78, 5) is 0. The number of nitrogens with one attached hydrogen (secondary N) is 1. The van der Waals surface area contributed by atoms with Crippen molar-refractivity contribution in [3.8, 4) is 0 Å². The van der Waals surface area contributed by atoms with Gasteiger partial charge in [-0.2, -0.15) is 17.4 Å². The van der Waals surface area contributed by atoms with Crippen molar-refractivity contribution in [2.45, 2.75) is 19.8 Å². The molecule has 0 bridgehead atoms. The molecule has 102 valence electrons. The van der Waals surface area contributed by atoms with Gasteiger partial charge in [0.1, 0.15) is 0 Å². The van der Waals surface area contributed by atoms with E-state index >= 15 is 0 Å². The van der Waals surface area contributed by atoms with Crippen molar-refractivity contribution in [1.82, 2.24) is 9.03 Å². The molecule has 1 heterocycles. The number of piperidine rings is 1. The first-order valence-electron chi connectivity index (χ1n) is 5.87. The second-order valence-corrected chi connectivity index (χ2v) is 6.56. The fraction of sp³-hybridized carbons (Fsp3) is 1.00. The SMILES string of the molecule is COCCNS(=O)(=O)N1CCC(C)(CN)CC1. The summed E-state index contributed by atoms with van der Waals surface area (Å²) < 4.78 is 32.6. The van der Waals surface area contributed by atoms with Gasteiger partial charge in [-0.05, 0) is 24.8 Å². The normalized spacial score (nSPS) is 21.6. The number of hydrogen-bond donors (Lipinski definition) is 2. The Balaban J connectivity index is 2.47. The third kappa shape index (κ3) is 4.18. The van der Waals surface area contributed by atoms with Crippen LogP contribution in [0.25, 0.3) is 0 Å². The summed E-state index contributed by atoms with van der Waals surface area (Å²) in [7, 11) is -1.81. The summed E-state index contributed by atoms with van der Waals surface area (Å²) in [6.07, 6.45) is 1.63. The maximum atomic E-state index is 11.9. The van der Waals surface area contributed by atoms with Gasteiger partial charge in [-0.25, -0.2) is 0 Å². The monoisotopic (exact) mass is 265 g/mol. The Morgan fingerprint density at radius 3 is 2.47 bits per heavy atom. The van der Waals surface area contributed by atoms with Gasteiger partial charge in [0.05, 0.1) is 6.61 Å². The maximum Gasteiger partial charge on any atom is 0.279 e. The first kappa shape index (κ1) is 14.8. The molecule has 7 heteroatoms. The summed E-state index contributed by atoms with van der Waals surface area (Å²) in [6, 6.07) is 0. The molecule has 0 unspecified atom stereocenters. The van der Waals surface area contributed by atoms with E-state index in [9.17, 15) is 8.42 Å². The van der Waals surface area contributed by atoms with E-state index in [-0.39, 0.29) is 5.41 Å². The molecule has 1 aliphatic rings. The van der Waals surface area contributed by atoms with Crippen LogP contribution in [-0.2, 0) is 14.9 Å². The molecule has 0 aliphatic carbocycles. The lowest BCUT2D eigenvalue weighted by Gasteiger charge is -2.37. The predicted molar refractivity (Wildman–Crippen MR) is 66.8 cm³/mol. The van der Waals surface area contributed by atoms with Gasteiger partial charge in [-0.3, -0.25) is 0 Å². The summed E-state index contributed by atoms with van der Waals surface area (Å²) in [6.45, 7) is 4.48. The van der Waals surface area contributed by atoms with E-state index in [1.165, 1.54) is 4.31 Å². The van der Waals surface area contributed by atoms with Crippen molar-refractivity contribution in [3.05, 3.63) is 0 Å². The quantitative estimate of drug-likeness (QED) is 0.636. The van der Waals surface area contributed by atoms with Gasteiger partial charge in [-0.1, -0.05) is 6.92 Å². The van der Waals surface area contributed by atoms with Crippen LogP contribution in [-0.4, -0.2) is 52.6 Å². The van der Waals surface area contributed by atoms with Gasteiger partial charge in [0.25, 0.3) is 10.2 Å². The lowest BCUT2D eigenvalue weighted by molar-refractivity contribution is 0.179. The predicted octanol–water partition coefficient (Wildman–Crippen LogP) is -0.472. The third-order valence-corrected chi connectivity index (χ3v) is 4.97. The summed E-state index contributed by atoms with van der Waals surface area (Å²) >= 11 is 0. The van der Waals surface area contributed by atoms with Crippen LogP contribution in [0, 0.1) is 5.41 Å². The number of methoxy groups -OCH3 is 1. The number of hydrogen-bond acceptors (Lipinski definition) is 4. The number of nitrogens with zero attached hydrogens (tertiary/aromatic N) is 1. The van der Waals surface area contributed by atoms with Crippen LogP contribution in [0.1, 0.15) is 19.8 Å². The topological polar surface area (TPSA) is 84.7 Å². The molecule has 0 atom stereocenters. The first-order valence-corrected chi connectivity index (χ1v) is 7.31. The molecule has 3 N–H and O–H groups in total. The van der Waals surface area contributed by atoms with Crippen LogP contribution in [0.4, 0.5) is 0 Å². The molecular weight excluding hydrogens is 242 g/mol. The van der Waals surface area contributed by atoms with Gasteiger partial charge >= 0.3 is 0 Å². The Morgan fingerprint density at radius 2 is 2.00 bits per heavy atom. The van der Waals surface area contributed by atoms with Crippen molar-refractivity contribution < 1.29 is 13.2 Å². The molecule has 0 amide bonds. The zero-order valence-corrected chi connectivity index (χ0v) is 11.4. The van der Waals surface area contributed by atoms with Crippen LogP contribution in [0.3, 0.4) is 0 Å². The van der Waals surface area contributed by atoms with E-state index in [0.29, 0.717) is 32.8 Å². The van der Waals surface area contributed by atoms with E-state index in [0.717, 1.165) is 12.8 Å². The average Bonchev–Trinajstić information content (AvgIpc) is 2.30. The van der Waals surface area contributed by atoms with Crippen LogP contribution in [0.5, 0.6) is 0 Å². The van der Waals surface area contributed by atoms with E-state index in [2.05, 4.69) is 11.6 Å². The van der Waals surface area contributed by atoms with Crippen molar-refractivity contribution in [3.63, 3.8) is 0 Å². The average molecular weight is 265 g/mol. The lowest BCUT2D eigenvalue weighted by Crippen LogP contribution is -2.49. The minimum absolute atomic E-state index is 0.0819. The summed E-state index contributed by atoms with van der Waals surface area (Å²) in [5, 5.41) is 0. The van der Waals surface area contributed by atoms with E-state index in [1.54, 1.807) is 7.11 Å². The molecule has 0 aromatic heterocycles. The van der Waals surface area contributed by atoms with Crippen LogP contribution >= 0.6 is 0 Å². The zero-order valence-electron chi connectivity index (χ0n) is 10.6. The molecule has 0 aromatic carbocycles. The molecular formula is C10H23N3O3S. The molecule has 1 aliphatic heterocycles. The summed E-state index contributed by atoms with van der Waals surface area (Å²) in [5.41, 5.74) is 5.77. The minimum Gasteiger partial charge on any atom is -0.383 e. The number of nitrogens with two attached hydrogens (primary N) is 1. The highest BCUT2D eigenvalue weighted by Crippen LogP contribution is 2.30. The largest absolute Gasteiger partial charge is 0.383 e. The fourth-order valence-electron chi connectivity index (χ4n) is 1.83. The highest BCUT2D eigenvalue weighted by molar-refractivity contribution is 7.87. The number of rotatable bonds is 6. The highest BCUT2D eigenvalue weighted by Gasteiger charge is 2.33. The van der Waals surface area contributed by atoms with Crippen molar-refractivity contribution in [2.24, 2.45) is 11.1 Å². The molecule has 0 saturated carbocycles. The lowest BCUT2D eigenvalue weighted by atomic mass is 9.81. The molecule has 0 aromatic rings. The van der Waals surface area contributed by atoms with Crippen LogP contribution in [0.15, 0.2) is 0 Å². The maximum absolute atomic E-state index is 11.9. The molecule has 0 spiro atoms. The fourth-order valence-corrected chi connectivity index (χ4v) is 3.02. The minimum atomic E-state index is -3.35. The first-order chi connectivity index (χ1) is 7.93. The van der Waals surface area contributed by atoms with Gasteiger partial charge in [0.15, 0.2) is 0 Å². The Labute approximate surface area is 104 Å². The van der Waals surface area contributed by atoms with Gasteiger partial charge < -0.3 is 10.5 Å². The Hall–Kier alpha value is -0.210. The van der Waals surface area contributed by atoms with Crippen LogP contribution in [0.2, 0.25) is 0 Å². The van der Waals surface area contributed by atoms with E-state index in [4.69, 9.17) is 10.5 Å². The zero-order chi connectivity index (χ0) is 12.9. The van der Waals surface area contributed by atoms with Gasteiger partial charge in [-0.15, -0.1) is 0 Å². The van der Waals surface area contributed by atoms with Crippen molar-refractivity contribution >= 4 is 10.2 Å². The van der Waals surface area contributed by atoms with E-state index < -0.39 is 10.2 Å². The molecule has 0 radical (unpaired) electrons. The number of ether oxygens (including phenoxy) is 1. The van der Waals surface area contributed by atoms with Crippen molar-refractivity contribution in [1.29, 1.82) is 0 Å². The molecule has 1 fully saturated rings. The highest BCUT2D eigenvalue weighted by atomic mass is 32.2. The molecule has 1 rings (SSSR count). The molecule has 17 heavy (non-hydrogen) atoms. The Morgan fingerprint density at radius 1 is 1.41 bits per heavy atom. The van der Waals surface area contributed by atoms with Crippen molar-refractivity contribution in [2.75, 3.05) is 39.9 Å². The summed E-state index contributed by atoms with van der Waals surface area (Å²) in [5.74, 6) is 0. The van der Waals surface area contributed by atoms with E-state index in [1.807, 2.05) is 0 Å². The Kier molecular flexibility index (Phi) is 5.33. The van der Waals surface area contributed by atoms with Gasteiger partial charge in [0.2, 0.25) is 0 Å². The van der Waals surface area contributed by atoms with Gasteiger partial charge in [0, 0.05) is 26.7 Å². The van der Waals surface area contributed by atoms with Crippen LogP contribution < -0.4 is 10.5 Å². The second-order valence-electron chi connectivity index (χ2n) is 4.81. The third-order valence-electron chi connectivity index (χ3n) is 3.35. The Bertz CT molecular complexity index is 324. The standard InChI is InChI=1S/C10H23N3O3S/c1-10(9-11)3-6-13(7-4-10)17(14,15)12-5-8-16-2/h12H,3-9,11H2,1-2H3. The molecule has 6 nitrogen and oxygen atoms in total.